The molecule has 0 aromatic heterocycles. The molecular formula is C12H15BrFN3. The maximum Gasteiger partial charge on any atom is 0.194 e. The predicted octanol–water partition coefficient (Wildman–Crippen LogP) is 2.47. The van der Waals surface area contributed by atoms with Crippen molar-refractivity contribution in [3.8, 4) is 0 Å². The first-order valence-electron chi connectivity index (χ1n) is 5.59. The summed E-state index contributed by atoms with van der Waals surface area (Å²) in [6.45, 7) is 2.18. The summed E-state index contributed by atoms with van der Waals surface area (Å²) in [7, 11) is 0. The van der Waals surface area contributed by atoms with Gasteiger partial charge in [-0.3, -0.25) is 5.41 Å². The van der Waals surface area contributed by atoms with E-state index in [4.69, 9.17) is 5.41 Å². The second-order valence-electron chi connectivity index (χ2n) is 4.05. The average Bonchev–Trinajstić information content (AvgIpc) is 2.62. The van der Waals surface area contributed by atoms with E-state index in [1.54, 1.807) is 4.90 Å². The van der Waals surface area contributed by atoms with Gasteiger partial charge in [0.05, 0.1) is 0 Å². The Morgan fingerprint density at radius 2 is 2.06 bits per heavy atom. The van der Waals surface area contributed by atoms with Gasteiger partial charge >= 0.3 is 0 Å². The highest BCUT2D eigenvalue weighted by atomic mass is 79.9. The molecule has 0 saturated carbocycles. The lowest BCUT2D eigenvalue weighted by molar-refractivity contribution is 0.375. The highest BCUT2D eigenvalue weighted by molar-refractivity contribution is 9.10. The zero-order valence-electron chi connectivity index (χ0n) is 9.50. The first-order valence-corrected chi connectivity index (χ1v) is 6.39. The van der Waals surface area contributed by atoms with Crippen molar-refractivity contribution < 1.29 is 4.39 Å². The van der Waals surface area contributed by atoms with E-state index in [1.807, 2.05) is 29.2 Å². The van der Waals surface area contributed by atoms with Crippen LogP contribution in [0.1, 0.15) is 5.56 Å². The number of nitrogens with one attached hydrogen (secondary N) is 1. The van der Waals surface area contributed by atoms with Crippen molar-refractivity contribution in [1.29, 1.82) is 5.41 Å². The van der Waals surface area contributed by atoms with Gasteiger partial charge in [-0.15, -0.1) is 0 Å². The van der Waals surface area contributed by atoms with E-state index in [0.29, 0.717) is 19.0 Å². The van der Waals surface area contributed by atoms with Gasteiger partial charge in [-0.25, -0.2) is 4.39 Å². The molecule has 1 heterocycles. The molecule has 0 bridgehead atoms. The quantitative estimate of drug-likeness (QED) is 0.926. The van der Waals surface area contributed by atoms with Crippen molar-refractivity contribution in [2.75, 3.05) is 26.3 Å². The fraction of sp³-hybridized carbons (Fsp3) is 0.417. The van der Waals surface area contributed by atoms with Crippen LogP contribution in [0, 0.1) is 5.41 Å². The van der Waals surface area contributed by atoms with Crippen molar-refractivity contribution in [2.24, 2.45) is 0 Å². The fourth-order valence-electron chi connectivity index (χ4n) is 1.98. The van der Waals surface area contributed by atoms with Crippen LogP contribution in [0.5, 0.6) is 0 Å². The number of alkyl halides is 1. The molecule has 1 aromatic rings. The Balaban J connectivity index is 1.99. The van der Waals surface area contributed by atoms with Gasteiger partial charge in [0.2, 0.25) is 0 Å². The van der Waals surface area contributed by atoms with Crippen LogP contribution in [0.3, 0.4) is 0 Å². The van der Waals surface area contributed by atoms with Gasteiger partial charge in [-0.05, 0) is 17.7 Å². The topological polar surface area (TPSA) is 30.3 Å². The molecule has 0 radical (unpaired) electrons. The Morgan fingerprint density at radius 3 is 2.76 bits per heavy atom. The van der Waals surface area contributed by atoms with E-state index in [9.17, 15) is 4.39 Å². The molecule has 1 saturated heterocycles. The first-order chi connectivity index (χ1) is 8.20. The molecule has 1 aromatic carbocycles. The summed E-state index contributed by atoms with van der Waals surface area (Å²) in [6, 6.07) is 8.05. The number of hydrogen-bond acceptors (Lipinski definition) is 1. The molecule has 2 rings (SSSR count). The smallest absolute Gasteiger partial charge is 0.194 e. The van der Waals surface area contributed by atoms with Crippen LogP contribution in [-0.4, -0.2) is 42.1 Å². The number of halogens is 2. The molecule has 17 heavy (non-hydrogen) atoms. The third-order valence-electron chi connectivity index (χ3n) is 2.86. The van der Waals surface area contributed by atoms with E-state index in [-0.39, 0.29) is 0 Å². The molecule has 1 fully saturated rings. The summed E-state index contributed by atoms with van der Waals surface area (Å²) >= 11 is 3.43. The lowest BCUT2D eigenvalue weighted by Gasteiger charge is -2.20. The number of hydrogen-bond donors (Lipinski definition) is 1. The Labute approximate surface area is 109 Å². The van der Waals surface area contributed by atoms with Gasteiger partial charge in [0.25, 0.3) is 0 Å². The molecule has 0 aliphatic carbocycles. The van der Waals surface area contributed by atoms with Gasteiger partial charge in [0.15, 0.2) is 5.96 Å². The van der Waals surface area contributed by atoms with Crippen molar-refractivity contribution in [2.45, 2.75) is 6.54 Å². The predicted molar refractivity (Wildman–Crippen MR) is 69.8 cm³/mol. The SMILES string of the molecule is N=C1N(CCF)CCN1Cc1cccc(Br)c1. The summed E-state index contributed by atoms with van der Waals surface area (Å²) in [5, 5.41) is 7.94. The molecule has 3 nitrogen and oxygen atoms in total. The number of rotatable bonds is 4. The molecule has 0 atom stereocenters. The molecule has 1 N–H and O–H groups in total. The summed E-state index contributed by atoms with van der Waals surface area (Å²) in [6.07, 6.45) is 0. The highest BCUT2D eigenvalue weighted by Crippen LogP contribution is 2.16. The summed E-state index contributed by atoms with van der Waals surface area (Å²) in [5.41, 5.74) is 1.16. The van der Waals surface area contributed by atoms with Crippen LogP contribution in [0.4, 0.5) is 4.39 Å². The van der Waals surface area contributed by atoms with Crippen molar-refractivity contribution in [1.82, 2.24) is 9.80 Å². The highest BCUT2D eigenvalue weighted by Gasteiger charge is 2.24. The monoisotopic (exact) mass is 299 g/mol. The molecule has 1 aliphatic heterocycles. The van der Waals surface area contributed by atoms with Gasteiger partial charge in [-0.2, -0.15) is 0 Å². The standard InChI is InChI=1S/C12H15BrFN3/c13-11-3-1-2-10(8-11)9-17-7-6-16(5-4-14)12(17)15/h1-3,8,15H,4-7,9H2. The summed E-state index contributed by atoms with van der Waals surface area (Å²) in [4.78, 5) is 3.75. The van der Waals surface area contributed by atoms with E-state index in [2.05, 4.69) is 15.9 Å². The second kappa shape index (κ2) is 5.49. The van der Waals surface area contributed by atoms with Crippen LogP contribution < -0.4 is 0 Å². The Morgan fingerprint density at radius 1 is 1.29 bits per heavy atom. The van der Waals surface area contributed by atoms with E-state index in [1.165, 1.54) is 0 Å². The minimum atomic E-state index is -0.396. The molecule has 0 spiro atoms. The molecule has 1 aliphatic rings. The van der Waals surface area contributed by atoms with Gasteiger partial charge < -0.3 is 9.80 Å². The van der Waals surface area contributed by atoms with Crippen LogP contribution in [-0.2, 0) is 6.54 Å². The normalized spacial score (nSPS) is 15.8. The van der Waals surface area contributed by atoms with Gasteiger partial charge in [0, 0.05) is 30.7 Å². The van der Waals surface area contributed by atoms with Crippen molar-refractivity contribution in [3.05, 3.63) is 34.3 Å². The molecular weight excluding hydrogens is 285 g/mol. The minimum absolute atomic E-state index is 0.327. The zero-order chi connectivity index (χ0) is 12.3. The fourth-order valence-corrected chi connectivity index (χ4v) is 2.43. The van der Waals surface area contributed by atoms with E-state index < -0.39 is 6.67 Å². The third-order valence-corrected chi connectivity index (χ3v) is 3.35. The van der Waals surface area contributed by atoms with Crippen LogP contribution in [0.25, 0.3) is 0 Å². The first kappa shape index (κ1) is 12.4. The Hall–Kier alpha value is -1.10. The van der Waals surface area contributed by atoms with Crippen LogP contribution >= 0.6 is 15.9 Å². The van der Waals surface area contributed by atoms with Crippen molar-refractivity contribution in [3.63, 3.8) is 0 Å². The molecule has 0 amide bonds. The van der Waals surface area contributed by atoms with E-state index in [0.717, 1.165) is 23.1 Å². The number of guanidine groups is 1. The lowest BCUT2D eigenvalue weighted by Crippen LogP contribution is -2.33. The number of nitrogens with zero attached hydrogens (tertiary/aromatic N) is 2. The summed E-state index contributed by atoms with van der Waals surface area (Å²) in [5.74, 6) is 0.433. The maximum absolute atomic E-state index is 12.3. The minimum Gasteiger partial charge on any atom is -0.339 e. The second-order valence-corrected chi connectivity index (χ2v) is 4.97. The maximum atomic E-state index is 12.3. The van der Waals surface area contributed by atoms with Gasteiger partial charge in [-0.1, -0.05) is 28.1 Å². The molecule has 5 heteroatoms. The lowest BCUT2D eigenvalue weighted by atomic mass is 10.2. The number of benzene rings is 1. The van der Waals surface area contributed by atoms with Gasteiger partial charge in [0.1, 0.15) is 6.67 Å². The van der Waals surface area contributed by atoms with Crippen LogP contribution in [0.15, 0.2) is 28.7 Å². The van der Waals surface area contributed by atoms with Crippen LogP contribution in [0.2, 0.25) is 0 Å². The third kappa shape index (κ3) is 2.97. The Bertz CT molecular complexity index is 410. The largest absolute Gasteiger partial charge is 0.339 e. The average molecular weight is 300 g/mol. The molecule has 92 valence electrons. The van der Waals surface area contributed by atoms with Crippen molar-refractivity contribution >= 4 is 21.9 Å². The Kier molecular flexibility index (Phi) is 3.99. The summed E-state index contributed by atoms with van der Waals surface area (Å²) < 4.78 is 13.3. The zero-order valence-corrected chi connectivity index (χ0v) is 11.1. The molecule has 0 unspecified atom stereocenters. The van der Waals surface area contributed by atoms with E-state index >= 15 is 0 Å².